The molecule has 0 bridgehead atoms. The van der Waals surface area contributed by atoms with Gasteiger partial charge in [-0.3, -0.25) is 0 Å². The standard InChI is InChI=1S/C10H8O4/c11-10(12)5-1-2-7-6(3-5)9-8(14-9)4-13-7/h1-3,8-9H,4H2,(H,11,12). The third-order valence-electron chi connectivity index (χ3n) is 2.55. The highest BCUT2D eigenvalue weighted by atomic mass is 16.6. The number of fused-ring (bicyclic) bond motifs is 3. The van der Waals surface area contributed by atoms with E-state index in [9.17, 15) is 4.79 Å². The number of hydrogen-bond acceptors (Lipinski definition) is 3. The Morgan fingerprint density at radius 2 is 2.36 bits per heavy atom. The number of benzene rings is 1. The van der Waals surface area contributed by atoms with Crippen LogP contribution in [-0.4, -0.2) is 23.8 Å². The lowest BCUT2D eigenvalue weighted by Gasteiger charge is -2.13. The summed E-state index contributed by atoms with van der Waals surface area (Å²) in [5.41, 5.74) is 1.14. The highest BCUT2D eigenvalue weighted by molar-refractivity contribution is 5.88. The van der Waals surface area contributed by atoms with Crippen LogP contribution in [0.4, 0.5) is 0 Å². The average Bonchev–Trinajstić information content (AvgIpc) is 2.95. The summed E-state index contributed by atoms with van der Waals surface area (Å²) in [6.07, 6.45) is 0.185. The fourth-order valence-electron chi connectivity index (χ4n) is 1.75. The van der Waals surface area contributed by atoms with Gasteiger partial charge in [-0.2, -0.15) is 0 Å². The summed E-state index contributed by atoms with van der Waals surface area (Å²) in [5, 5.41) is 8.80. The van der Waals surface area contributed by atoms with E-state index < -0.39 is 5.97 Å². The van der Waals surface area contributed by atoms with Crippen molar-refractivity contribution in [3.8, 4) is 5.75 Å². The molecule has 0 spiro atoms. The first-order chi connectivity index (χ1) is 6.75. The van der Waals surface area contributed by atoms with Crippen LogP contribution in [0.3, 0.4) is 0 Å². The van der Waals surface area contributed by atoms with Gasteiger partial charge >= 0.3 is 5.97 Å². The summed E-state index contributed by atoms with van der Waals surface area (Å²) in [7, 11) is 0. The lowest BCUT2D eigenvalue weighted by Crippen LogP contribution is -2.12. The molecule has 4 nitrogen and oxygen atoms in total. The van der Waals surface area contributed by atoms with E-state index in [4.69, 9.17) is 14.6 Å². The number of rotatable bonds is 1. The first-order valence-electron chi connectivity index (χ1n) is 4.41. The minimum Gasteiger partial charge on any atom is -0.490 e. The number of epoxide rings is 1. The Morgan fingerprint density at radius 1 is 1.50 bits per heavy atom. The van der Waals surface area contributed by atoms with Gasteiger partial charge in [-0.15, -0.1) is 0 Å². The minimum atomic E-state index is -0.921. The van der Waals surface area contributed by atoms with Gasteiger partial charge in [-0.1, -0.05) is 0 Å². The molecule has 0 aliphatic carbocycles. The van der Waals surface area contributed by atoms with Crippen LogP contribution in [0, 0.1) is 0 Å². The summed E-state index contributed by atoms with van der Waals surface area (Å²) in [5.74, 6) is -0.177. The van der Waals surface area contributed by atoms with Crippen molar-refractivity contribution in [2.75, 3.05) is 6.61 Å². The van der Waals surface area contributed by atoms with Crippen molar-refractivity contribution in [3.63, 3.8) is 0 Å². The van der Waals surface area contributed by atoms with E-state index in [1.807, 2.05) is 0 Å². The first-order valence-corrected chi connectivity index (χ1v) is 4.41. The summed E-state index contributed by atoms with van der Waals surface area (Å²) in [4.78, 5) is 10.7. The third kappa shape index (κ3) is 1.01. The van der Waals surface area contributed by atoms with E-state index >= 15 is 0 Å². The summed E-state index contributed by atoms with van der Waals surface area (Å²) >= 11 is 0. The topological polar surface area (TPSA) is 59.1 Å². The molecule has 0 aromatic heterocycles. The van der Waals surface area contributed by atoms with Gasteiger partial charge in [-0.05, 0) is 18.2 Å². The van der Waals surface area contributed by atoms with Crippen LogP contribution in [0.15, 0.2) is 18.2 Å². The van der Waals surface area contributed by atoms with Crippen molar-refractivity contribution in [2.24, 2.45) is 0 Å². The van der Waals surface area contributed by atoms with Crippen molar-refractivity contribution in [2.45, 2.75) is 12.2 Å². The molecule has 72 valence electrons. The van der Waals surface area contributed by atoms with Crippen molar-refractivity contribution < 1.29 is 19.4 Å². The molecule has 0 radical (unpaired) electrons. The molecule has 2 unspecified atom stereocenters. The lowest BCUT2D eigenvalue weighted by molar-refractivity contribution is 0.0696. The van der Waals surface area contributed by atoms with Crippen LogP contribution >= 0.6 is 0 Å². The second-order valence-electron chi connectivity index (χ2n) is 3.46. The van der Waals surface area contributed by atoms with Gasteiger partial charge in [0.05, 0.1) is 5.56 Å². The molecule has 0 amide bonds. The predicted molar refractivity (Wildman–Crippen MR) is 46.5 cm³/mol. The van der Waals surface area contributed by atoms with Gasteiger partial charge in [0.2, 0.25) is 0 Å². The number of ether oxygens (including phenoxy) is 2. The second kappa shape index (κ2) is 2.48. The fraction of sp³-hybridized carbons (Fsp3) is 0.300. The molecule has 1 N–H and O–H groups in total. The zero-order valence-electron chi connectivity index (χ0n) is 7.27. The van der Waals surface area contributed by atoms with E-state index in [-0.39, 0.29) is 17.8 Å². The van der Waals surface area contributed by atoms with Crippen molar-refractivity contribution in [3.05, 3.63) is 29.3 Å². The zero-order chi connectivity index (χ0) is 9.71. The van der Waals surface area contributed by atoms with Gasteiger partial charge in [-0.25, -0.2) is 4.79 Å². The molecular weight excluding hydrogens is 184 g/mol. The molecule has 4 heteroatoms. The van der Waals surface area contributed by atoms with Gasteiger partial charge in [0.1, 0.15) is 24.6 Å². The van der Waals surface area contributed by atoms with Gasteiger partial charge in [0, 0.05) is 5.56 Å². The summed E-state index contributed by atoms with van der Waals surface area (Å²) in [6.45, 7) is 0.573. The molecule has 2 atom stereocenters. The largest absolute Gasteiger partial charge is 0.490 e. The lowest BCUT2D eigenvalue weighted by atomic mass is 10.0. The highest BCUT2D eigenvalue weighted by Gasteiger charge is 2.45. The monoisotopic (exact) mass is 192 g/mol. The fourth-order valence-corrected chi connectivity index (χ4v) is 1.75. The molecule has 2 aliphatic rings. The molecule has 1 fully saturated rings. The Hall–Kier alpha value is -1.55. The molecule has 2 aliphatic heterocycles. The van der Waals surface area contributed by atoms with Gasteiger partial charge in [0.25, 0.3) is 0 Å². The van der Waals surface area contributed by atoms with Crippen LogP contribution in [0.25, 0.3) is 0 Å². The van der Waals surface area contributed by atoms with Crippen molar-refractivity contribution >= 4 is 5.97 Å². The zero-order valence-corrected chi connectivity index (χ0v) is 7.27. The van der Waals surface area contributed by atoms with Gasteiger partial charge < -0.3 is 14.6 Å². The average molecular weight is 192 g/mol. The Balaban J connectivity index is 2.08. The molecule has 1 saturated heterocycles. The minimum absolute atomic E-state index is 0.0537. The predicted octanol–water partition coefficient (Wildman–Crippen LogP) is 1.22. The number of hydrogen-bond donors (Lipinski definition) is 1. The van der Waals surface area contributed by atoms with E-state index in [2.05, 4.69) is 0 Å². The molecular formula is C10H8O4. The third-order valence-corrected chi connectivity index (χ3v) is 2.55. The van der Waals surface area contributed by atoms with Crippen molar-refractivity contribution in [1.82, 2.24) is 0 Å². The first kappa shape index (κ1) is 7.82. The number of aromatic carboxylic acids is 1. The Bertz CT molecular complexity index is 413. The van der Waals surface area contributed by atoms with E-state index in [1.54, 1.807) is 18.2 Å². The smallest absolute Gasteiger partial charge is 0.335 e. The molecule has 0 saturated carbocycles. The van der Waals surface area contributed by atoms with Crippen LogP contribution < -0.4 is 4.74 Å². The maximum absolute atomic E-state index is 10.7. The van der Waals surface area contributed by atoms with E-state index in [1.165, 1.54) is 0 Å². The molecule has 2 heterocycles. The normalized spacial score (nSPS) is 27.1. The quantitative estimate of drug-likeness (QED) is 0.679. The van der Waals surface area contributed by atoms with Crippen LogP contribution in [0.5, 0.6) is 5.75 Å². The highest BCUT2D eigenvalue weighted by Crippen LogP contribution is 2.46. The van der Waals surface area contributed by atoms with Crippen LogP contribution in [-0.2, 0) is 4.74 Å². The molecule has 14 heavy (non-hydrogen) atoms. The molecule has 1 aromatic rings. The Morgan fingerprint density at radius 3 is 3.14 bits per heavy atom. The Kier molecular flexibility index (Phi) is 1.39. The number of carbonyl (C=O) groups is 1. The molecule has 1 aromatic carbocycles. The SMILES string of the molecule is O=C(O)c1ccc2c(c1)C1OC1CO2. The Labute approximate surface area is 80.1 Å². The second-order valence-corrected chi connectivity index (χ2v) is 3.46. The summed E-state index contributed by atoms with van der Waals surface area (Å²) < 4.78 is 10.7. The van der Waals surface area contributed by atoms with E-state index in [0.29, 0.717) is 6.61 Å². The van der Waals surface area contributed by atoms with Gasteiger partial charge in [0.15, 0.2) is 0 Å². The maximum atomic E-state index is 10.7. The molecule has 3 rings (SSSR count). The maximum Gasteiger partial charge on any atom is 0.335 e. The van der Waals surface area contributed by atoms with Crippen molar-refractivity contribution in [1.29, 1.82) is 0 Å². The number of carboxylic acid groups (broad SMARTS) is 1. The number of carboxylic acids is 1. The van der Waals surface area contributed by atoms with Crippen LogP contribution in [0.2, 0.25) is 0 Å². The van der Waals surface area contributed by atoms with Crippen LogP contribution in [0.1, 0.15) is 22.0 Å². The van der Waals surface area contributed by atoms with E-state index in [0.717, 1.165) is 11.3 Å². The summed E-state index contributed by atoms with van der Waals surface area (Å²) in [6, 6.07) is 4.86.